The second-order valence-electron chi connectivity index (χ2n) is 4.61. The maximum atomic E-state index is 12.4. The lowest BCUT2D eigenvalue weighted by Crippen LogP contribution is -2.31. The number of rotatable bonds is 3. The molecule has 0 spiro atoms. The number of hydrogen-bond donors (Lipinski definition) is 1. The molecule has 0 bridgehead atoms. The Morgan fingerprint density at radius 3 is 2.50 bits per heavy atom. The number of nitrogen functional groups attached to an aromatic ring is 1. The first-order valence-electron chi connectivity index (χ1n) is 6.42. The Morgan fingerprint density at radius 2 is 1.80 bits per heavy atom. The highest BCUT2D eigenvalue weighted by Gasteiger charge is 2.29. The SMILES string of the molecule is Nc1ccc(N2CCN(Cc3ncccn3)C2=O)cc1. The van der Waals surface area contributed by atoms with Gasteiger partial charge in [-0.05, 0) is 30.3 Å². The summed E-state index contributed by atoms with van der Waals surface area (Å²) in [5.41, 5.74) is 7.21. The predicted molar refractivity (Wildman–Crippen MR) is 76.0 cm³/mol. The standard InChI is InChI=1S/C14H15N5O/c15-11-2-4-12(5-3-11)19-9-8-18(14(19)20)10-13-16-6-1-7-17-13/h1-7H,8-10,15H2. The van der Waals surface area contributed by atoms with E-state index in [1.807, 2.05) is 12.1 Å². The van der Waals surface area contributed by atoms with Crippen LogP contribution in [0.3, 0.4) is 0 Å². The largest absolute Gasteiger partial charge is 0.399 e. The maximum absolute atomic E-state index is 12.4. The van der Waals surface area contributed by atoms with E-state index in [2.05, 4.69) is 9.97 Å². The van der Waals surface area contributed by atoms with Gasteiger partial charge in [0.25, 0.3) is 0 Å². The van der Waals surface area contributed by atoms with E-state index in [-0.39, 0.29) is 6.03 Å². The molecule has 0 radical (unpaired) electrons. The summed E-state index contributed by atoms with van der Waals surface area (Å²) in [5, 5.41) is 0. The lowest BCUT2D eigenvalue weighted by atomic mass is 10.2. The lowest BCUT2D eigenvalue weighted by molar-refractivity contribution is 0.217. The average molecular weight is 269 g/mol. The Morgan fingerprint density at radius 1 is 1.10 bits per heavy atom. The molecule has 6 nitrogen and oxygen atoms in total. The van der Waals surface area contributed by atoms with Crippen molar-refractivity contribution in [2.45, 2.75) is 6.54 Å². The van der Waals surface area contributed by atoms with Gasteiger partial charge in [0, 0.05) is 36.9 Å². The van der Waals surface area contributed by atoms with Crippen LogP contribution in [0.25, 0.3) is 0 Å². The topological polar surface area (TPSA) is 75.3 Å². The van der Waals surface area contributed by atoms with Gasteiger partial charge in [0.1, 0.15) is 5.82 Å². The minimum atomic E-state index is -0.0257. The molecule has 2 aromatic rings. The normalized spacial score (nSPS) is 14.9. The van der Waals surface area contributed by atoms with Crippen LogP contribution in [0.4, 0.5) is 16.2 Å². The Hall–Kier alpha value is -2.63. The Labute approximate surface area is 116 Å². The lowest BCUT2D eigenvalue weighted by Gasteiger charge is -2.18. The number of aromatic nitrogens is 2. The molecule has 1 aromatic carbocycles. The summed E-state index contributed by atoms with van der Waals surface area (Å²) in [4.78, 5) is 24.1. The van der Waals surface area contributed by atoms with E-state index in [0.29, 0.717) is 31.1 Å². The molecule has 0 saturated carbocycles. The van der Waals surface area contributed by atoms with Gasteiger partial charge < -0.3 is 10.6 Å². The highest BCUT2D eigenvalue weighted by atomic mass is 16.2. The van der Waals surface area contributed by atoms with Gasteiger partial charge in [-0.2, -0.15) is 0 Å². The monoisotopic (exact) mass is 269 g/mol. The zero-order chi connectivity index (χ0) is 13.9. The van der Waals surface area contributed by atoms with Crippen molar-refractivity contribution in [1.29, 1.82) is 0 Å². The van der Waals surface area contributed by atoms with Crippen molar-refractivity contribution < 1.29 is 4.79 Å². The predicted octanol–water partition coefficient (Wildman–Crippen LogP) is 1.50. The van der Waals surface area contributed by atoms with Crippen LogP contribution in [-0.4, -0.2) is 34.0 Å². The summed E-state index contributed by atoms with van der Waals surface area (Å²) in [7, 11) is 0. The van der Waals surface area contributed by atoms with Crippen LogP contribution in [0.5, 0.6) is 0 Å². The molecule has 0 aliphatic carbocycles. The van der Waals surface area contributed by atoms with E-state index in [9.17, 15) is 4.79 Å². The van der Waals surface area contributed by atoms with Crippen LogP contribution in [0.15, 0.2) is 42.7 Å². The van der Waals surface area contributed by atoms with Gasteiger partial charge >= 0.3 is 6.03 Å². The first-order valence-corrected chi connectivity index (χ1v) is 6.42. The maximum Gasteiger partial charge on any atom is 0.325 e. The fourth-order valence-corrected chi connectivity index (χ4v) is 2.21. The number of nitrogens with zero attached hydrogens (tertiary/aromatic N) is 4. The van der Waals surface area contributed by atoms with Crippen molar-refractivity contribution in [1.82, 2.24) is 14.9 Å². The smallest absolute Gasteiger partial charge is 0.325 e. The van der Waals surface area contributed by atoms with Gasteiger partial charge in [-0.15, -0.1) is 0 Å². The molecular weight excluding hydrogens is 254 g/mol. The number of hydrogen-bond acceptors (Lipinski definition) is 4. The first-order chi connectivity index (χ1) is 9.74. The number of carbonyl (C=O) groups excluding carboxylic acids is 1. The van der Waals surface area contributed by atoms with E-state index in [4.69, 9.17) is 5.73 Å². The molecule has 1 saturated heterocycles. The van der Waals surface area contributed by atoms with Gasteiger partial charge in [-0.25, -0.2) is 14.8 Å². The van der Waals surface area contributed by atoms with E-state index < -0.39 is 0 Å². The number of urea groups is 1. The van der Waals surface area contributed by atoms with Crippen LogP contribution in [0, 0.1) is 0 Å². The highest BCUT2D eigenvalue weighted by Crippen LogP contribution is 2.22. The molecule has 2 heterocycles. The molecule has 0 atom stereocenters. The van der Waals surface area contributed by atoms with Gasteiger partial charge in [-0.1, -0.05) is 0 Å². The number of anilines is 2. The first kappa shape index (κ1) is 12.4. The van der Waals surface area contributed by atoms with Crippen molar-refractivity contribution >= 4 is 17.4 Å². The zero-order valence-electron chi connectivity index (χ0n) is 10.9. The molecule has 20 heavy (non-hydrogen) atoms. The summed E-state index contributed by atoms with van der Waals surface area (Å²) in [6.45, 7) is 1.77. The van der Waals surface area contributed by atoms with Gasteiger partial charge in [0.05, 0.1) is 6.54 Å². The van der Waals surface area contributed by atoms with Crippen molar-refractivity contribution in [3.8, 4) is 0 Å². The van der Waals surface area contributed by atoms with Crippen molar-refractivity contribution in [3.05, 3.63) is 48.5 Å². The summed E-state index contributed by atoms with van der Waals surface area (Å²) in [6.07, 6.45) is 3.36. The summed E-state index contributed by atoms with van der Waals surface area (Å²) < 4.78 is 0. The Balaban J connectivity index is 1.72. The van der Waals surface area contributed by atoms with Crippen molar-refractivity contribution in [3.63, 3.8) is 0 Å². The van der Waals surface area contributed by atoms with E-state index in [1.165, 1.54) is 0 Å². The third kappa shape index (κ3) is 2.40. The van der Waals surface area contributed by atoms with E-state index in [0.717, 1.165) is 5.69 Å². The second kappa shape index (κ2) is 5.16. The minimum absolute atomic E-state index is 0.0257. The van der Waals surface area contributed by atoms with Gasteiger partial charge in [-0.3, -0.25) is 4.90 Å². The molecule has 1 aliphatic rings. The quantitative estimate of drug-likeness (QED) is 0.857. The summed E-state index contributed by atoms with van der Waals surface area (Å²) in [5.74, 6) is 0.653. The van der Waals surface area contributed by atoms with E-state index in [1.54, 1.807) is 40.4 Å². The third-order valence-corrected chi connectivity index (χ3v) is 3.25. The van der Waals surface area contributed by atoms with Gasteiger partial charge in [0.15, 0.2) is 0 Å². The fraction of sp³-hybridized carbons (Fsp3) is 0.214. The van der Waals surface area contributed by atoms with Crippen LogP contribution in [-0.2, 0) is 6.54 Å². The van der Waals surface area contributed by atoms with Crippen LogP contribution in [0.1, 0.15) is 5.82 Å². The number of benzene rings is 1. The molecule has 1 aromatic heterocycles. The Bertz CT molecular complexity index is 599. The average Bonchev–Trinajstić information content (AvgIpc) is 2.83. The van der Waals surface area contributed by atoms with Crippen LogP contribution < -0.4 is 10.6 Å². The molecule has 3 rings (SSSR count). The van der Waals surface area contributed by atoms with Crippen LogP contribution in [0.2, 0.25) is 0 Å². The molecule has 2 N–H and O–H groups in total. The highest BCUT2D eigenvalue weighted by molar-refractivity contribution is 5.94. The number of nitrogens with two attached hydrogens (primary N) is 1. The van der Waals surface area contributed by atoms with Gasteiger partial charge in [0.2, 0.25) is 0 Å². The van der Waals surface area contributed by atoms with Crippen molar-refractivity contribution in [2.24, 2.45) is 0 Å². The summed E-state index contributed by atoms with van der Waals surface area (Å²) >= 11 is 0. The molecule has 0 unspecified atom stereocenters. The fourth-order valence-electron chi connectivity index (χ4n) is 2.21. The minimum Gasteiger partial charge on any atom is -0.399 e. The molecular formula is C14H15N5O. The molecule has 102 valence electrons. The van der Waals surface area contributed by atoms with Crippen molar-refractivity contribution in [2.75, 3.05) is 23.7 Å². The number of amides is 2. The molecule has 2 amide bonds. The number of carbonyl (C=O) groups is 1. The molecule has 1 aliphatic heterocycles. The zero-order valence-corrected chi connectivity index (χ0v) is 10.9. The molecule has 1 fully saturated rings. The summed E-state index contributed by atoms with van der Waals surface area (Å²) in [6, 6.07) is 9.04. The second-order valence-corrected chi connectivity index (χ2v) is 4.61. The Kier molecular flexibility index (Phi) is 3.20. The van der Waals surface area contributed by atoms with E-state index >= 15 is 0 Å². The van der Waals surface area contributed by atoms with Crippen LogP contribution >= 0.6 is 0 Å². The molecule has 6 heteroatoms. The third-order valence-electron chi connectivity index (χ3n) is 3.25.